The first-order valence-corrected chi connectivity index (χ1v) is 14.8. The van der Waals surface area contributed by atoms with Crippen molar-refractivity contribution in [2.45, 2.75) is 32.8 Å². The van der Waals surface area contributed by atoms with Gasteiger partial charge in [0.15, 0.2) is 0 Å². The molecule has 0 saturated carbocycles. The van der Waals surface area contributed by atoms with E-state index in [4.69, 9.17) is 16.3 Å². The van der Waals surface area contributed by atoms with E-state index in [9.17, 15) is 9.59 Å². The third-order valence-electron chi connectivity index (χ3n) is 7.79. The van der Waals surface area contributed by atoms with Crippen LogP contribution in [0.15, 0.2) is 77.3 Å². The second-order valence-corrected chi connectivity index (χ2v) is 11.2. The number of likely N-dealkylation sites (N-methyl/N-ethyl adjacent to an activating group) is 1. The van der Waals surface area contributed by atoms with Gasteiger partial charge >= 0.3 is 0 Å². The molecule has 2 heterocycles. The summed E-state index contributed by atoms with van der Waals surface area (Å²) in [7, 11) is 2.08. The largest absolute Gasteiger partial charge is 0.399 e. The Morgan fingerprint density at radius 2 is 1.58 bits per heavy atom. The maximum absolute atomic E-state index is 13.6. The van der Waals surface area contributed by atoms with Crippen molar-refractivity contribution in [2.75, 3.05) is 45.5 Å². The van der Waals surface area contributed by atoms with Gasteiger partial charge in [0.2, 0.25) is 5.91 Å². The molecule has 0 aromatic heterocycles. The highest BCUT2D eigenvalue weighted by molar-refractivity contribution is 6.05. The molecule has 0 atom stereocenters. The third-order valence-corrected chi connectivity index (χ3v) is 7.79. The Morgan fingerprint density at radius 3 is 2.28 bits per heavy atom. The molecule has 1 saturated heterocycles. The number of aliphatic imine (C=N–C) groups is 1. The van der Waals surface area contributed by atoms with Crippen LogP contribution in [0.25, 0.3) is 17.2 Å². The van der Waals surface area contributed by atoms with Gasteiger partial charge in [0.1, 0.15) is 12.4 Å². The lowest BCUT2D eigenvalue weighted by Gasteiger charge is -2.32. The molecule has 2 amide bonds. The van der Waals surface area contributed by atoms with Crippen LogP contribution < -0.4 is 11.5 Å². The van der Waals surface area contributed by atoms with Crippen molar-refractivity contribution in [1.82, 2.24) is 14.9 Å². The van der Waals surface area contributed by atoms with Gasteiger partial charge in [0.05, 0.1) is 12.1 Å². The zero-order chi connectivity index (χ0) is 30.3. The molecule has 4 N–H and O–H groups in total. The maximum Gasteiger partial charge on any atom is 0.273 e. The lowest BCUT2D eigenvalue weighted by atomic mass is 9.99. The highest BCUT2D eigenvalue weighted by Gasteiger charge is 2.23. The number of anilines is 1. The van der Waals surface area contributed by atoms with Gasteiger partial charge in [-0.3, -0.25) is 14.4 Å². The first kappa shape index (κ1) is 30.0. The molecule has 0 spiro atoms. The fourth-order valence-corrected chi connectivity index (χ4v) is 5.22. The number of piperazine rings is 1. The maximum atomic E-state index is 13.6. The predicted molar refractivity (Wildman–Crippen MR) is 171 cm³/mol. The number of fused-ring (bicyclic) bond motifs is 1. The highest BCUT2D eigenvalue weighted by atomic mass is 16.7. The quantitative estimate of drug-likeness (QED) is 0.286. The van der Waals surface area contributed by atoms with E-state index in [0.717, 1.165) is 60.4 Å². The van der Waals surface area contributed by atoms with Crippen LogP contribution in [0.5, 0.6) is 0 Å². The number of carbonyl (C=O) groups is 2. The number of hydrogen-bond acceptors (Lipinski definition) is 7. The zero-order valence-electron chi connectivity index (χ0n) is 25.0. The summed E-state index contributed by atoms with van der Waals surface area (Å²) in [5.41, 5.74) is 18.7. The molecule has 2 aliphatic rings. The van der Waals surface area contributed by atoms with Gasteiger partial charge in [-0.15, -0.1) is 0 Å². The number of nitrogen functional groups attached to an aromatic ring is 1. The second kappa shape index (κ2) is 13.7. The van der Waals surface area contributed by atoms with Crippen molar-refractivity contribution in [3.63, 3.8) is 0 Å². The molecule has 0 radical (unpaired) electrons. The summed E-state index contributed by atoms with van der Waals surface area (Å²) in [5, 5.41) is 1.41. The summed E-state index contributed by atoms with van der Waals surface area (Å²) >= 11 is 0. The number of amidine groups is 1. The van der Waals surface area contributed by atoms with Crippen molar-refractivity contribution in [3.8, 4) is 11.1 Å². The van der Waals surface area contributed by atoms with Crippen molar-refractivity contribution in [1.29, 1.82) is 0 Å². The molecule has 3 aromatic carbocycles. The van der Waals surface area contributed by atoms with Gasteiger partial charge in [-0.2, -0.15) is 0 Å². The minimum Gasteiger partial charge on any atom is -0.399 e. The third kappa shape index (κ3) is 7.68. The fraction of sp³-hybridized carbons (Fsp3) is 0.324. The lowest BCUT2D eigenvalue weighted by molar-refractivity contribution is -0.187. The number of rotatable bonds is 9. The molecule has 0 bridgehead atoms. The van der Waals surface area contributed by atoms with E-state index >= 15 is 0 Å². The molecule has 9 nitrogen and oxygen atoms in total. The van der Waals surface area contributed by atoms with Crippen molar-refractivity contribution >= 4 is 35.1 Å². The normalized spacial score (nSPS) is 15.3. The highest BCUT2D eigenvalue weighted by Crippen LogP contribution is 2.32. The summed E-state index contributed by atoms with van der Waals surface area (Å²) in [4.78, 5) is 41.1. The van der Waals surface area contributed by atoms with E-state index in [0.29, 0.717) is 35.7 Å². The predicted octanol–water partition coefficient (Wildman–Crippen LogP) is 4.40. The summed E-state index contributed by atoms with van der Waals surface area (Å²) in [6.07, 6.45) is 3.22. The molecule has 2 aliphatic heterocycles. The van der Waals surface area contributed by atoms with Crippen molar-refractivity contribution in [3.05, 3.63) is 89.0 Å². The standard InChI is InChI=1S/C34H40N6O3/c1-3-14-40(43-23-25-6-12-30(35)13-7-25)34(42)29-20-28-11-10-27(21-31(28)37-32(36)22-29)26-8-4-24(5-9-26)19-33(41)39-17-15-38(2)16-18-39/h4-13,20-21H,3,14-19,22-23,35H2,1-2H3,(H2,36,37). The van der Waals surface area contributed by atoms with Crippen LogP contribution in [0, 0.1) is 0 Å². The van der Waals surface area contributed by atoms with Crippen LogP contribution in [0.4, 0.5) is 11.4 Å². The first-order valence-electron chi connectivity index (χ1n) is 14.8. The van der Waals surface area contributed by atoms with Crippen LogP contribution in [-0.4, -0.2) is 72.3 Å². The molecule has 0 aliphatic carbocycles. The minimum atomic E-state index is -0.228. The van der Waals surface area contributed by atoms with Gasteiger partial charge in [0, 0.05) is 56.0 Å². The van der Waals surface area contributed by atoms with E-state index in [-0.39, 0.29) is 24.8 Å². The molecule has 5 rings (SSSR count). The summed E-state index contributed by atoms with van der Waals surface area (Å²) in [5.74, 6) is 0.304. The van der Waals surface area contributed by atoms with Crippen LogP contribution in [0.1, 0.15) is 36.5 Å². The number of nitrogens with two attached hydrogens (primary N) is 2. The number of hydrogen-bond donors (Lipinski definition) is 2. The van der Waals surface area contributed by atoms with Gasteiger partial charge < -0.3 is 21.3 Å². The summed E-state index contributed by atoms with van der Waals surface area (Å²) in [6, 6.07) is 21.4. The van der Waals surface area contributed by atoms with E-state index in [2.05, 4.69) is 16.9 Å². The summed E-state index contributed by atoms with van der Waals surface area (Å²) in [6.45, 7) is 6.09. The molecule has 0 unspecified atom stereocenters. The minimum absolute atomic E-state index is 0.168. The van der Waals surface area contributed by atoms with Gasteiger partial charge in [-0.1, -0.05) is 55.5 Å². The van der Waals surface area contributed by atoms with Crippen LogP contribution >= 0.6 is 0 Å². The van der Waals surface area contributed by atoms with Crippen LogP contribution in [0.3, 0.4) is 0 Å². The number of amides is 2. The van der Waals surface area contributed by atoms with Crippen LogP contribution in [0.2, 0.25) is 0 Å². The van der Waals surface area contributed by atoms with Gasteiger partial charge in [-0.25, -0.2) is 10.1 Å². The summed E-state index contributed by atoms with van der Waals surface area (Å²) < 4.78 is 0. The SMILES string of the molecule is CCCN(OCc1ccc(N)cc1)C(=O)C1=Cc2ccc(-c3ccc(CC(=O)N4CCN(C)CC4)cc3)cc2N=C(N)C1. The Balaban J connectivity index is 1.29. The van der Waals surface area contributed by atoms with Crippen molar-refractivity contribution < 1.29 is 14.4 Å². The van der Waals surface area contributed by atoms with Gasteiger partial charge in [0.25, 0.3) is 5.91 Å². The Hall–Kier alpha value is -4.47. The Labute approximate surface area is 253 Å². The molecule has 1 fully saturated rings. The molecule has 43 heavy (non-hydrogen) atoms. The monoisotopic (exact) mass is 580 g/mol. The van der Waals surface area contributed by atoms with E-state index < -0.39 is 0 Å². The lowest BCUT2D eigenvalue weighted by Crippen LogP contribution is -2.47. The molecule has 224 valence electrons. The molecular formula is C34H40N6O3. The average molecular weight is 581 g/mol. The van der Waals surface area contributed by atoms with Gasteiger partial charge in [-0.05, 0) is 60.0 Å². The Bertz CT molecular complexity index is 1510. The molecular weight excluding hydrogens is 540 g/mol. The topological polar surface area (TPSA) is 117 Å². The molecule has 3 aromatic rings. The van der Waals surface area contributed by atoms with Crippen LogP contribution in [-0.2, 0) is 27.5 Å². The van der Waals surface area contributed by atoms with Crippen molar-refractivity contribution in [2.24, 2.45) is 10.7 Å². The molecule has 9 heteroatoms. The number of hydroxylamine groups is 2. The van der Waals surface area contributed by atoms with E-state index in [1.54, 1.807) is 0 Å². The first-order chi connectivity index (χ1) is 20.8. The number of carbonyl (C=O) groups excluding carboxylic acids is 2. The Morgan fingerprint density at radius 1 is 0.907 bits per heavy atom. The van der Waals surface area contributed by atoms with E-state index in [1.807, 2.05) is 84.6 Å². The second-order valence-electron chi connectivity index (χ2n) is 11.2. The van der Waals surface area contributed by atoms with E-state index in [1.165, 1.54) is 5.06 Å². The number of benzene rings is 3. The fourth-order valence-electron chi connectivity index (χ4n) is 5.22. The smallest absolute Gasteiger partial charge is 0.273 e. The zero-order valence-corrected chi connectivity index (χ0v) is 25.0. The average Bonchev–Trinajstić information content (AvgIpc) is 3.18. The Kier molecular flexibility index (Phi) is 9.54. The number of nitrogens with zero attached hydrogens (tertiary/aromatic N) is 4.